The second-order valence-electron chi connectivity index (χ2n) is 4.89. The highest BCUT2D eigenvalue weighted by Crippen LogP contribution is 2.24. The Morgan fingerprint density at radius 3 is 2.35 bits per heavy atom. The number of aromatic hydroxyl groups is 2. The predicted molar refractivity (Wildman–Crippen MR) is 90.4 cm³/mol. The van der Waals surface area contributed by atoms with Crippen LogP contribution in [0.1, 0.15) is 29.8 Å². The number of rotatable bonds is 3. The van der Waals surface area contributed by atoms with E-state index in [1.165, 1.54) is 18.2 Å². The van der Waals surface area contributed by atoms with Crippen LogP contribution in [0, 0.1) is 0 Å². The highest BCUT2D eigenvalue weighted by atomic mass is 16.3. The summed E-state index contributed by atoms with van der Waals surface area (Å²) < 4.78 is 0. The number of allylic oxidation sites excluding steroid dienone is 1. The average Bonchev–Trinajstić information content (AvgIpc) is 2.55. The highest BCUT2D eigenvalue weighted by Gasteiger charge is 2.10. The summed E-state index contributed by atoms with van der Waals surface area (Å²) in [5.74, 6) is -0.595. The molecule has 0 atom stereocenters. The van der Waals surface area contributed by atoms with Crippen molar-refractivity contribution >= 4 is 17.4 Å². The molecule has 118 valence electrons. The summed E-state index contributed by atoms with van der Waals surface area (Å²) in [6, 6.07) is 13.5. The lowest BCUT2D eigenvalue weighted by Gasteiger charge is -2.07. The van der Waals surface area contributed by atoms with Crippen molar-refractivity contribution in [2.75, 3.05) is 0 Å². The minimum absolute atomic E-state index is 0.233. The number of phenols is 2. The Labute approximate surface area is 134 Å². The quantitative estimate of drug-likeness (QED) is 0.462. The molecule has 0 radical (unpaired) electrons. The summed E-state index contributed by atoms with van der Waals surface area (Å²) >= 11 is 0. The summed E-state index contributed by atoms with van der Waals surface area (Å²) in [4.78, 5) is 16.5. The van der Waals surface area contributed by atoms with Crippen molar-refractivity contribution in [3.63, 3.8) is 0 Å². The minimum atomic E-state index is -0.412. The van der Waals surface area contributed by atoms with E-state index < -0.39 is 5.91 Å². The second-order valence-corrected chi connectivity index (χ2v) is 4.89. The number of carbonyl (C=O) groups is 1. The first-order chi connectivity index (χ1) is 11.0. The van der Waals surface area contributed by atoms with E-state index in [-0.39, 0.29) is 17.1 Å². The van der Waals surface area contributed by atoms with Gasteiger partial charge in [0, 0.05) is 5.56 Å². The third kappa shape index (κ3) is 4.20. The minimum Gasteiger partial charge on any atom is -0.504 e. The fourth-order valence-corrected chi connectivity index (χ4v) is 2.01. The van der Waals surface area contributed by atoms with Crippen LogP contribution < -0.4 is 5.32 Å². The van der Waals surface area contributed by atoms with E-state index in [1.807, 2.05) is 43.3 Å². The van der Waals surface area contributed by atoms with Crippen molar-refractivity contribution in [2.45, 2.75) is 13.8 Å². The standard InChI is InChI=1S/C18H18N2O3/c1-3-15(13-7-5-4-6-8-13)19-12(2)20-18(23)14-9-10-16(21)17(22)11-14/h3-11,21-22H,1-2H3,(H,19,20,23)/b15-3-. The maximum absolute atomic E-state index is 12.1. The molecule has 3 N–H and O–H groups in total. The number of amides is 1. The number of benzene rings is 2. The molecule has 5 heteroatoms. The highest BCUT2D eigenvalue weighted by molar-refractivity contribution is 6.07. The van der Waals surface area contributed by atoms with E-state index >= 15 is 0 Å². The molecule has 2 rings (SSSR count). The summed E-state index contributed by atoms with van der Waals surface area (Å²) in [5.41, 5.74) is 1.93. The summed E-state index contributed by atoms with van der Waals surface area (Å²) in [7, 11) is 0. The van der Waals surface area contributed by atoms with Gasteiger partial charge in [-0.25, -0.2) is 4.99 Å². The Bertz CT molecular complexity index is 765. The molecule has 0 unspecified atom stereocenters. The molecule has 0 saturated carbocycles. The molecule has 2 aromatic carbocycles. The van der Waals surface area contributed by atoms with Crippen molar-refractivity contribution < 1.29 is 15.0 Å². The van der Waals surface area contributed by atoms with Gasteiger partial charge in [-0.15, -0.1) is 0 Å². The Hall–Kier alpha value is -3.08. The maximum Gasteiger partial charge on any atom is 0.256 e. The Kier molecular flexibility index (Phi) is 5.15. The van der Waals surface area contributed by atoms with Crippen LogP contribution in [-0.4, -0.2) is 22.0 Å². The zero-order valence-corrected chi connectivity index (χ0v) is 12.9. The zero-order chi connectivity index (χ0) is 16.8. The molecule has 0 aliphatic rings. The van der Waals surface area contributed by atoms with Crippen LogP contribution >= 0.6 is 0 Å². The van der Waals surface area contributed by atoms with Gasteiger partial charge in [-0.1, -0.05) is 36.4 Å². The molecule has 0 aromatic heterocycles. The number of nitrogens with zero attached hydrogens (tertiary/aromatic N) is 1. The van der Waals surface area contributed by atoms with Crippen LogP contribution in [-0.2, 0) is 0 Å². The van der Waals surface area contributed by atoms with Crippen LogP contribution in [0.15, 0.2) is 59.6 Å². The first-order valence-corrected chi connectivity index (χ1v) is 7.11. The molecule has 0 heterocycles. The van der Waals surface area contributed by atoms with Gasteiger partial charge in [-0.2, -0.15) is 0 Å². The van der Waals surface area contributed by atoms with Gasteiger partial charge in [0.05, 0.1) is 5.70 Å². The lowest BCUT2D eigenvalue weighted by Crippen LogP contribution is -2.28. The number of nitrogens with one attached hydrogen (secondary N) is 1. The molecule has 23 heavy (non-hydrogen) atoms. The Morgan fingerprint density at radius 2 is 1.74 bits per heavy atom. The molecule has 0 saturated heterocycles. The van der Waals surface area contributed by atoms with Crippen LogP contribution in [0.3, 0.4) is 0 Å². The van der Waals surface area contributed by atoms with Crippen molar-refractivity contribution in [1.29, 1.82) is 0 Å². The molecule has 0 aliphatic carbocycles. The number of carbonyl (C=O) groups excluding carboxylic acids is 1. The van der Waals surface area contributed by atoms with Gasteiger partial charge in [0.2, 0.25) is 0 Å². The largest absolute Gasteiger partial charge is 0.504 e. The number of aliphatic imine (C=N–C) groups is 1. The number of amidine groups is 1. The fourth-order valence-electron chi connectivity index (χ4n) is 2.01. The summed E-state index contributed by atoms with van der Waals surface area (Å²) in [6.45, 7) is 3.56. The van der Waals surface area contributed by atoms with Gasteiger partial charge < -0.3 is 15.5 Å². The normalized spacial score (nSPS) is 12.1. The molecule has 2 aromatic rings. The molecular formula is C18H18N2O3. The Morgan fingerprint density at radius 1 is 1.04 bits per heavy atom. The SMILES string of the molecule is C/C=C(\N=C(C)NC(=O)c1ccc(O)c(O)c1)c1ccccc1. The monoisotopic (exact) mass is 310 g/mol. The van der Waals surface area contributed by atoms with Crippen LogP contribution in [0.5, 0.6) is 11.5 Å². The van der Waals surface area contributed by atoms with Crippen molar-refractivity contribution in [1.82, 2.24) is 5.32 Å². The lowest BCUT2D eigenvalue weighted by atomic mass is 10.1. The smallest absolute Gasteiger partial charge is 0.256 e. The second kappa shape index (κ2) is 7.26. The first kappa shape index (κ1) is 16.3. The molecular weight excluding hydrogens is 292 g/mol. The van der Waals surface area contributed by atoms with Crippen LogP contribution in [0.2, 0.25) is 0 Å². The van der Waals surface area contributed by atoms with Gasteiger partial charge in [0.25, 0.3) is 5.91 Å². The maximum atomic E-state index is 12.1. The third-order valence-electron chi connectivity index (χ3n) is 3.16. The van der Waals surface area contributed by atoms with E-state index in [1.54, 1.807) is 6.92 Å². The number of phenolic OH excluding ortho intramolecular Hbond substituents is 2. The van der Waals surface area contributed by atoms with Gasteiger partial charge in [0.1, 0.15) is 5.84 Å². The summed E-state index contributed by atoms with van der Waals surface area (Å²) in [6.07, 6.45) is 1.86. The Balaban J connectivity index is 2.15. The molecule has 5 nitrogen and oxygen atoms in total. The fraction of sp³-hybridized carbons (Fsp3) is 0.111. The zero-order valence-electron chi connectivity index (χ0n) is 12.9. The first-order valence-electron chi connectivity index (χ1n) is 7.11. The summed E-state index contributed by atoms with van der Waals surface area (Å²) in [5, 5.41) is 21.4. The average molecular weight is 310 g/mol. The molecule has 0 fully saturated rings. The van der Waals surface area contributed by atoms with Crippen LogP contribution in [0.25, 0.3) is 5.70 Å². The van der Waals surface area contributed by atoms with Gasteiger partial charge in [0.15, 0.2) is 11.5 Å². The number of hydrogen-bond acceptors (Lipinski definition) is 4. The lowest BCUT2D eigenvalue weighted by molar-refractivity contribution is 0.0976. The van der Waals surface area contributed by atoms with E-state index in [2.05, 4.69) is 10.3 Å². The molecule has 0 aliphatic heterocycles. The van der Waals surface area contributed by atoms with Gasteiger partial charge >= 0.3 is 0 Å². The van der Waals surface area contributed by atoms with Crippen molar-refractivity contribution in [2.24, 2.45) is 4.99 Å². The molecule has 1 amide bonds. The van der Waals surface area contributed by atoms with Gasteiger partial charge in [-0.3, -0.25) is 4.79 Å². The van der Waals surface area contributed by atoms with E-state index in [9.17, 15) is 15.0 Å². The van der Waals surface area contributed by atoms with E-state index in [0.717, 1.165) is 11.3 Å². The van der Waals surface area contributed by atoms with Crippen molar-refractivity contribution in [3.05, 3.63) is 65.7 Å². The van der Waals surface area contributed by atoms with Gasteiger partial charge in [-0.05, 0) is 37.6 Å². The predicted octanol–water partition coefficient (Wildman–Crippen LogP) is 3.31. The topological polar surface area (TPSA) is 81.9 Å². The molecule has 0 bridgehead atoms. The molecule has 0 spiro atoms. The number of hydrogen-bond donors (Lipinski definition) is 3. The third-order valence-corrected chi connectivity index (χ3v) is 3.16. The van der Waals surface area contributed by atoms with Crippen LogP contribution in [0.4, 0.5) is 0 Å². The van der Waals surface area contributed by atoms with E-state index in [4.69, 9.17) is 0 Å². The van der Waals surface area contributed by atoms with Crippen molar-refractivity contribution in [3.8, 4) is 11.5 Å². The van der Waals surface area contributed by atoms with E-state index in [0.29, 0.717) is 5.84 Å².